The molecule has 0 amide bonds. The number of allylic oxidation sites excluding steroid dienone is 1. The van der Waals surface area contributed by atoms with E-state index in [1.165, 1.54) is 5.56 Å². The molecule has 1 heterocycles. The van der Waals surface area contributed by atoms with Gasteiger partial charge < -0.3 is 0 Å². The van der Waals surface area contributed by atoms with Crippen molar-refractivity contribution in [2.75, 3.05) is 0 Å². The standard InChI is InChI=1S/C11H6BrO.C9H7.2ClH.H2S.Zr/c12-10-6-8-5-7-3-1-2-4-9(7)11(8)13-10;1-2-5-9-7-3-6-8(9)4-1;;;;/h1-5,11H;1-4,7H,6H2;2*1H;1H2;/q;;;;;+3/p-3. The van der Waals surface area contributed by atoms with Gasteiger partial charge in [0, 0.05) is 0 Å². The van der Waals surface area contributed by atoms with Crippen molar-refractivity contribution in [1.82, 2.24) is 0 Å². The number of thiol groups is 1. The molecule has 1 unspecified atom stereocenters. The Morgan fingerprint density at radius 3 is 2.77 bits per heavy atom. The molecule has 3 aliphatic rings. The quantitative estimate of drug-likeness (QED) is 0.428. The average molecular weight is 544 g/mol. The number of hydrogen-bond donors (Lipinski definition) is 1. The van der Waals surface area contributed by atoms with E-state index in [0.29, 0.717) is 4.67 Å². The van der Waals surface area contributed by atoms with Gasteiger partial charge in [-0.1, -0.05) is 0 Å². The van der Waals surface area contributed by atoms with Crippen molar-refractivity contribution >= 4 is 57.8 Å². The monoisotopic (exact) mass is 541 g/mol. The molecule has 0 saturated heterocycles. The topological polar surface area (TPSA) is 9.23 Å². The summed E-state index contributed by atoms with van der Waals surface area (Å²) in [5, 5.41) is 0. The molecular formula is C20H14BrCl2OSZr. The normalized spacial score (nSPS) is 21.6. The molecule has 0 saturated carbocycles. The van der Waals surface area contributed by atoms with E-state index in [2.05, 4.69) is 52.4 Å². The van der Waals surface area contributed by atoms with Crippen LogP contribution in [0.1, 0.15) is 28.4 Å². The molecule has 0 radical (unpaired) electrons. The third-order valence-corrected chi connectivity index (χ3v) is 20.8. The zero-order chi connectivity index (χ0) is 18.1. The van der Waals surface area contributed by atoms with Crippen LogP contribution in [0.3, 0.4) is 0 Å². The minimum atomic E-state index is -4.85. The van der Waals surface area contributed by atoms with Crippen molar-refractivity contribution in [3.05, 3.63) is 84.3 Å². The molecule has 2 aromatic carbocycles. The van der Waals surface area contributed by atoms with E-state index < -0.39 is 14.9 Å². The van der Waals surface area contributed by atoms with E-state index in [1.54, 1.807) is 0 Å². The second-order valence-electron chi connectivity index (χ2n) is 6.83. The number of fused-ring (bicyclic) bond motifs is 4. The van der Waals surface area contributed by atoms with Gasteiger partial charge in [-0.05, 0) is 0 Å². The molecular weight excluding hydrogens is 530 g/mol. The Morgan fingerprint density at radius 1 is 1.12 bits per heavy atom. The van der Waals surface area contributed by atoms with Gasteiger partial charge in [-0.25, -0.2) is 0 Å². The van der Waals surface area contributed by atoms with Gasteiger partial charge >= 0.3 is 174 Å². The zero-order valence-electron chi connectivity index (χ0n) is 13.5. The molecule has 6 heteroatoms. The molecule has 1 nitrogen and oxygen atoms in total. The summed E-state index contributed by atoms with van der Waals surface area (Å²) in [4.78, 5) is 0. The summed E-state index contributed by atoms with van der Waals surface area (Å²) in [7, 11) is 19.7. The minimum absolute atomic E-state index is 0.166. The van der Waals surface area contributed by atoms with Gasteiger partial charge in [0.25, 0.3) is 0 Å². The van der Waals surface area contributed by atoms with Gasteiger partial charge in [0.2, 0.25) is 0 Å². The number of hydrogen-bond acceptors (Lipinski definition) is 2. The Morgan fingerprint density at radius 2 is 1.92 bits per heavy atom. The zero-order valence-corrected chi connectivity index (χ0v) is 20.0. The van der Waals surface area contributed by atoms with Crippen LogP contribution in [0.5, 0.6) is 0 Å². The summed E-state index contributed by atoms with van der Waals surface area (Å²) < 4.78 is 8.59. The van der Waals surface area contributed by atoms with Gasteiger partial charge in [0.15, 0.2) is 0 Å². The predicted octanol–water partition coefficient (Wildman–Crippen LogP) is 6.46. The first-order valence-electron chi connectivity index (χ1n) is 8.34. The summed E-state index contributed by atoms with van der Waals surface area (Å²) in [6, 6.07) is 14.4. The van der Waals surface area contributed by atoms with Crippen molar-refractivity contribution in [2.24, 2.45) is 0 Å². The fourth-order valence-electron chi connectivity index (χ4n) is 4.11. The Hall–Kier alpha value is -0.247. The maximum absolute atomic E-state index is 7.31. The van der Waals surface area contributed by atoms with E-state index in [9.17, 15) is 0 Å². The van der Waals surface area contributed by atoms with Crippen LogP contribution in [0.2, 0.25) is 0 Å². The summed E-state index contributed by atoms with van der Waals surface area (Å²) >= 11 is -1.25. The van der Waals surface area contributed by atoms with Gasteiger partial charge in [-0.15, -0.1) is 0 Å². The number of ether oxygens (including phenoxy) is 1. The molecule has 1 aliphatic heterocycles. The van der Waals surface area contributed by atoms with E-state index in [0.717, 1.165) is 35.2 Å². The third-order valence-electron chi connectivity index (χ3n) is 5.28. The molecule has 0 aromatic heterocycles. The van der Waals surface area contributed by atoms with E-state index in [4.69, 9.17) is 31.1 Å². The summed E-state index contributed by atoms with van der Waals surface area (Å²) in [5.74, 6) is 0. The molecule has 0 N–H and O–H groups in total. The van der Waals surface area contributed by atoms with Crippen LogP contribution >= 0.6 is 42.3 Å². The maximum atomic E-state index is 7.31. The second kappa shape index (κ2) is 5.88. The van der Waals surface area contributed by atoms with Crippen LogP contribution in [0.15, 0.2) is 62.1 Å². The van der Waals surface area contributed by atoms with Crippen molar-refractivity contribution in [1.29, 1.82) is 0 Å². The Bertz CT molecular complexity index is 1060. The van der Waals surface area contributed by atoms with E-state index in [1.807, 2.05) is 24.3 Å². The Labute approximate surface area is 172 Å². The predicted molar refractivity (Wildman–Crippen MR) is 114 cm³/mol. The molecule has 1 atom stereocenters. The third kappa shape index (κ3) is 2.46. The Kier molecular flexibility index (Phi) is 4.03. The van der Waals surface area contributed by atoms with Crippen LogP contribution in [0.25, 0.3) is 12.2 Å². The van der Waals surface area contributed by atoms with Gasteiger partial charge in [-0.2, -0.15) is 0 Å². The van der Waals surface area contributed by atoms with Gasteiger partial charge in [0.05, 0.1) is 0 Å². The molecule has 0 fully saturated rings. The van der Waals surface area contributed by atoms with Gasteiger partial charge in [-0.3, -0.25) is 0 Å². The summed E-state index contributed by atoms with van der Waals surface area (Å²) in [6.45, 7) is 0. The number of halogens is 3. The molecule has 26 heavy (non-hydrogen) atoms. The first kappa shape index (κ1) is 17.8. The molecule has 131 valence electrons. The second-order valence-corrected chi connectivity index (χ2v) is 33.4. The molecule has 2 aromatic rings. The fourth-order valence-corrected chi connectivity index (χ4v) is 21.9. The van der Waals surface area contributed by atoms with E-state index in [-0.39, 0.29) is 6.10 Å². The Balaban J connectivity index is 1.71. The van der Waals surface area contributed by atoms with Crippen molar-refractivity contribution < 1.29 is 19.7 Å². The molecule has 2 aliphatic carbocycles. The van der Waals surface area contributed by atoms with Crippen molar-refractivity contribution in [3.8, 4) is 0 Å². The average Bonchev–Trinajstić information content (AvgIpc) is 3.26. The van der Waals surface area contributed by atoms with Crippen LogP contribution in [0.4, 0.5) is 0 Å². The molecule has 0 spiro atoms. The SMILES string of the molecule is [SH][Zr]([Cl])([Cl])([C]1=C(Br)OC2C1=Cc1ccccc12)[c]1cccc2c1C=CC2. The molecule has 5 rings (SSSR count). The molecule has 0 bridgehead atoms. The van der Waals surface area contributed by atoms with Crippen molar-refractivity contribution in [2.45, 2.75) is 12.5 Å². The van der Waals surface area contributed by atoms with E-state index >= 15 is 0 Å². The first-order chi connectivity index (χ1) is 12.4. The van der Waals surface area contributed by atoms with Crippen LogP contribution in [-0.2, 0) is 26.1 Å². The van der Waals surface area contributed by atoms with Crippen LogP contribution in [0, 0.1) is 0 Å². The summed E-state index contributed by atoms with van der Waals surface area (Å²) in [6.07, 6.45) is 7.13. The van der Waals surface area contributed by atoms with Crippen molar-refractivity contribution in [3.63, 3.8) is 0 Å². The van der Waals surface area contributed by atoms with Crippen LogP contribution in [-0.4, -0.2) is 0 Å². The number of rotatable bonds is 2. The number of benzene rings is 2. The summed E-state index contributed by atoms with van der Waals surface area (Å²) in [5.41, 5.74) is 5.68. The van der Waals surface area contributed by atoms with Gasteiger partial charge in [0.1, 0.15) is 0 Å². The first-order valence-corrected chi connectivity index (χ1v) is 21.7. The van der Waals surface area contributed by atoms with Crippen LogP contribution < -0.4 is 3.27 Å². The fraction of sp³-hybridized carbons (Fsp3) is 0.100.